The van der Waals surface area contributed by atoms with Crippen LogP contribution in [0.3, 0.4) is 0 Å². The lowest BCUT2D eigenvalue weighted by molar-refractivity contribution is -0.122. The summed E-state index contributed by atoms with van der Waals surface area (Å²) in [6.07, 6.45) is 0.843. The molecule has 23 heavy (non-hydrogen) atoms. The molecule has 1 aromatic carbocycles. The normalized spacial score (nSPS) is 13.7. The van der Waals surface area contributed by atoms with Crippen LogP contribution in [0.1, 0.15) is 34.1 Å². The van der Waals surface area contributed by atoms with Gasteiger partial charge in [0.1, 0.15) is 0 Å². The molecule has 0 saturated carbocycles. The van der Waals surface area contributed by atoms with Crippen LogP contribution in [-0.2, 0) is 4.79 Å². The van der Waals surface area contributed by atoms with Crippen molar-refractivity contribution in [3.05, 3.63) is 33.3 Å². The Kier molecular flexibility index (Phi) is 5.62. The molecule has 0 unspecified atom stereocenters. The third-order valence-corrected chi connectivity index (χ3v) is 4.10. The van der Waals surface area contributed by atoms with Gasteiger partial charge in [-0.15, -0.1) is 0 Å². The number of carbonyl (C=O) groups is 3. The molecule has 1 aliphatic heterocycles. The second kappa shape index (κ2) is 7.29. The van der Waals surface area contributed by atoms with Crippen molar-refractivity contribution in [2.24, 2.45) is 0 Å². The topological polar surface area (TPSA) is 69.7 Å². The lowest BCUT2D eigenvalue weighted by atomic mass is 10.1. The molecule has 124 valence electrons. The monoisotopic (exact) mass is 357 g/mol. The third kappa shape index (κ3) is 3.83. The van der Waals surface area contributed by atoms with Crippen molar-refractivity contribution in [1.82, 2.24) is 15.1 Å². The molecule has 8 heteroatoms. The summed E-state index contributed by atoms with van der Waals surface area (Å²) in [4.78, 5) is 39.0. The number of rotatable bonds is 6. The molecule has 0 aliphatic carbocycles. The summed E-state index contributed by atoms with van der Waals surface area (Å²) in [5.41, 5.74) is 0.460. The van der Waals surface area contributed by atoms with Gasteiger partial charge in [0.2, 0.25) is 5.91 Å². The number of amides is 3. The van der Waals surface area contributed by atoms with Crippen molar-refractivity contribution in [3.63, 3.8) is 0 Å². The zero-order chi connectivity index (χ0) is 17.1. The Bertz CT molecular complexity index is 623. The highest BCUT2D eigenvalue weighted by Gasteiger charge is 2.36. The Hall–Kier alpha value is -1.63. The lowest BCUT2D eigenvalue weighted by Crippen LogP contribution is -2.43. The van der Waals surface area contributed by atoms with E-state index in [4.69, 9.17) is 23.2 Å². The Labute approximate surface area is 144 Å². The van der Waals surface area contributed by atoms with Crippen molar-refractivity contribution < 1.29 is 14.4 Å². The van der Waals surface area contributed by atoms with Crippen molar-refractivity contribution in [2.45, 2.75) is 13.3 Å². The Balaban J connectivity index is 2.06. The van der Waals surface area contributed by atoms with Gasteiger partial charge in [-0.05, 0) is 25.6 Å². The second-order valence-corrected chi connectivity index (χ2v) is 6.17. The van der Waals surface area contributed by atoms with E-state index in [1.807, 2.05) is 6.92 Å². The fourth-order valence-corrected chi connectivity index (χ4v) is 2.60. The van der Waals surface area contributed by atoms with E-state index in [1.165, 1.54) is 12.1 Å². The first-order valence-corrected chi connectivity index (χ1v) is 7.91. The molecule has 0 bridgehead atoms. The molecular weight excluding hydrogens is 341 g/mol. The van der Waals surface area contributed by atoms with Gasteiger partial charge >= 0.3 is 0 Å². The summed E-state index contributed by atoms with van der Waals surface area (Å²) in [7, 11) is 1.66. The van der Waals surface area contributed by atoms with Crippen LogP contribution in [-0.4, -0.2) is 54.3 Å². The minimum atomic E-state index is -0.440. The van der Waals surface area contributed by atoms with E-state index in [2.05, 4.69) is 5.32 Å². The van der Waals surface area contributed by atoms with Gasteiger partial charge in [-0.25, -0.2) is 0 Å². The highest BCUT2D eigenvalue weighted by atomic mass is 35.5. The van der Waals surface area contributed by atoms with Crippen LogP contribution in [0.25, 0.3) is 0 Å². The maximum atomic E-state index is 12.3. The largest absolute Gasteiger partial charge is 0.355 e. The Morgan fingerprint density at radius 1 is 1.17 bits per heavy atom. The van der Waals surface area contributed by atoms with Gasteiger partial charge in [0.05, 0.1) is 34.4 Å². The summed E-state index contributed by atoms with van der Waals surface area (Å²) in [6.45, 7) is 2.66. The van der Waals surface area contributed by atoms with Gasteiger partial charge in [0.25, 0.3) is 11.8 Å². The molecule has 2 rings (SSSR count). The predicted octanol–water partition coefficient (Wildman–Crippen LogP) is 2.00. The third-order valence-electron chi connectivity index (χ3n) is 3.38. The first kappa shape index (κ1) is 17.7. The second-order valence-electron chi connectivity index (χ2n) is 5.36. The molecule has 0 fully saturated rings. The number of hydrogen-bond acceptors (Lipinski definition) is 4. The summed E-state index contributed by atoms with van der Waals surface area (Å²) < 4.78 is 0. The van der Waals surface area contributed by atoms with E-state index in [-0.39, 0.29) is 40.3 Å². The van der Waals surface area contributed by atoms with E-state index < -0.39 is 11.8 Å². The van der Waals surface area contributed by atoms with Crippen molar-refractivity contribution in [2.75, 3.05) is 26.8 Å². The van der Waals surface area contributed by atoms with Crippen LogP contribution in [0.2, 0.25) is 10.0 Å². The van der Waals surface area contributed by atoms with Gasteiger partial charge in [0, 0.05) is 6.54 Å². The number of benzene rings is 1. The van der Waals surface area contributed by atoms with Crippen LogP contribution in [0, 0.1) is 0 Å². The van der Waals surface area contributed by atoms with E-state index >= 15 is 0 Å². The summed E-state index contributed by atoms with van der Waals surface area (Å²) >= 11 is 11.8. The SMILES string of the molecule is CCCNC(=O)CN(C)CN1C(=O)c2cc(Cl)c(Cl)cc2C1=O. The number of nitrogens with zero attached hydrogens (tertiary/aromatic N) is 2. The van der Waals surface area contributed by atoms with Crippen LogP contribution in [0.15, 0.2) is 12.1 Å². The first-order chi connectivity index (χ1) is 10.8. The molecule has 3 amide bonds. The summed E-state index contributed by atoms with van der Waals surface area (Å²) in [5, 5.41) is 3.18. The molecule has 1 heterocycles. The number of nitrogens with one attached hydrogen (secondary N) is 1. The van der Waals surface area contributed by atoms with Gasteiger partial charge in [-0.1, -0.05) is 30.1 Å². The van der Waals surface area contributed by atoms with Crippen molar-refractivity contribution in [3.8, 4) is 0 Å². The molecular formula is C15H17Cl2N3O3. The maximum Gasteiger partial charge on any atom is 0.262 e. The molecule has 6 nitrogen and oxygen atoms in total. The number of fused-ring (bicyclic) bond motifs is 1. The fourth-order valence-electron chi connectivity index (χ4n) is 2.27. The smallest absolute Gasteiger partial charge is 0.262 e. The van der Waals surface area contributed by atoms with Gasteiger partial charge in [0.15, 0.2) is 0 Å². The number of halogens is 2. The highest BCUT2D eigenvalue weighted by molar-refractivity contribution is 6.43. The van der Waals surface area contributed by atoms with Gasteiger partial charge < -0.3 is 5.32 Å². The Morgan fingerprint density at radius 3 is 2.17 bits per heavy atom. The molecule has 1 aromatic rings. The quantitative estimate of drug-likeness (QED) is 0.790. The predicted molar refractivity (Wildman–Crippen MR) is 87.8 cm³/mol. The molecule has 0 atom stereocenters. The van der Waals surface area contributed by atoms with E-state index in [0.717, 1.165) is 11.3 Å². The average Bonchev–Trinajstić information content (AvgIpc) is 2.71. The van der Waals surface area contributed by atoms with E-state index in [0.29, 0.717) is 6.54 Å². The van der Waals surface area contributed by atoms with Gasteiger partial charge in [-0.3, -0.25) is 24.2 Å². The standard InChI is InChI=1S/C15H17Cl2N3O3/c1-3-4-18-13(21)7-19(2)8-20-14(22)9-5-11(16)12(17)6-10(9)15(20)23/h5-6H,3-4,7-8H2,1-2H3,(H,18,21). The number of carbonyl (C=O) groups excluding carboxylic acids is 3. The minimum absolute atomic E-state index is 0.0150. The lowest BCUT2D eigenvalue weighted by Gasteiger charge is -2.22. The first-order valence-electron chi connectivity index (χ1n) is 7.15. The highest BCUT2D eigenvalue weighted by Crippen LogP contribution is 2.31. The van der Waals surface area contributed by atoms with Crippen LogP contribution >= 0.6 is 23.2 Å². The Morgan fingerprint density at radius 2 is 1.70 bits per heavy atom. The zero-order valence-electron chi connectivity index (χ0n) is 12.9. The van der Waals surface area contributed by atoms with Crippen molar-refractivity contribution in [1.29, 1.82) is 0 Å². The zero-order valence-corrected chi connectivity index (χ0v) is 14.4. The van der Waals surface area contributed by atoms with E-state index in [9.17, 15) is 14.4 Å². The number of likely N-dealkylation sites (N-methyl/N-ethyl adjacent to an activating group) is 1. The summed E-state index contributed by atoms with van der Waals surface area (Å²) in [5.74, 6) is -1.04. The van der Waals surface area contributed by atoms with Crippen molar-refractivity contribution >= 4 is 40.9 Å². The molecule has 0 radical (unpaired) electrons. The summed E-state index contributed by atoms with van der Waals surface area (Å²) in [6, 6.07) is 2.79. The number of imide groups is 1. The molecule has 1 aliphatic rings. The van der Waals surface area contributed by atoms with Crippen LogP contribution < -0.4 is 5.32 Å². The fraction of sp³-hybridized carbons (Fsp3) is 0.400. The molecule has 0 spiro atoms. The van der Waals surface area contributed by atoms with Crippen LogP contribution in [0.4, 0.5) is 0 Å². The minimum Gasteiger partial charge on any atom is -0.355 e. The van der Waals surface area contributed by atoms with Gasteiger partial charge in [-0.2, -0.15) is 0 Å². The molecule has 0 saturated heterocycles. The average molecular weight is 358 g/mol. The van der Waals surface area contributed by atoms with Crippen LogP contribution in [0.5, 0.6) is 0 Å². The van der Waals surface area contributed by atoms with E-state index in [1.54, 1.807) is 11.9 Å². The molecule has 0 aromatic heterocycles. The molecule has 1 N–H and O–H groups in total. The maximum absolute atomic E-state index is 12.3. The number of hydrogen-bond donors (Lipinski definition) is 1.